The van der Waals surface area contributed by atoms with E-state index in [9.17, 15) is 0 Å². The molecule has 0 spiro atoms. The van der Waals surface area contributed by atoms with Crippen LogP contribution in [0.25, 0.3) is 0 Å². The third kappa shape index (κ3) is 7.59. The van der Waals surface area contributed by atoms with Crippen LogP contribution in [-0.4, -0.2) is 37.3 Å². The van der Waals surface area contributed by atoms with Gasteiger partial charge >= 0.3 is 0 Å². The molecule has 0 saturated carbocycles. The van der Waals surface area contributed by atoms with E-state index >= 15 is 0 Å². The molecule has 4 N–H and O–H groups in total. The quantitative estimate of drug-likeness (QED) is 0.567. The Morgan fingerprint density at radius 1 is 0.871 bits per heavy atom. The molecule has 6 nitrogen and oxygen atoms in total. The van der Waals surface area contributed by atoms with Crippen LogP contribution >= 0.6 is 39.1 Å². The smallest absolute Gasteiger partial charge is 0.282 e. The molecule has 0 aliphatic carbocycles. The standard InChI is InChI=1S/C11H13BrN2O.C11H12Cl2N2O/c12-10-4-2-1-3-8(10)5-6-9-7-15-11(13)14-9;12-8-2-4-10(13)7(5-8)1-3-9-6-16-11(14)15-9/h1-4,9H,5-7H2,(H2,13,14);2,4-5,9H,1,3,6H2,(H2,14,15)/t2*9-/m00/s1. The molecule has 0 aromatic heterocycles. The van der Waals surface area contributed by atoms with Gasteiger partial charge in [0.15, 0.2) is 0 Å². The topological polar surface area (TPSA) is 95.2 Å². The van der Waals surface area contributed by atoms with Gasteiger partial charge in [0.2, 0.25) is 0 Å². The van der Waals surface area contributed by atoms with Gasteiger partial charge in [-0.3, -0.25) is 0 Å². The molecule has 0 fully saturated rings. The molecule has 0 bridgehead atoms. The zero-order chi connectivity index (χ0) is 22.2. The maximum atomic E-state index is 6.06. The first-order valence-corrected chi connectivity index (χ1v) is 11.5. The van der Waals surface area contributed by atoms with Crippen molar-refractivity contribution in [1.29, 1.82) is 0 Å². The van der Waals surface area contributed by atoms with Gasteiger partial charge in [-0.15, -0.1) is 0 Å². The summed E-state index contributed by atoms with van der Waals surface area (Å²) in [5.41, 5.74) is 13.2. The third-order valence-electron chi connectivity index (χ3n) is 4.93. The van der Waals surface area contributed by atoms with Crippen molar-refractivity contribution in [2.24, 2.45) is 21.5 Å². The predicted molar refractivity (Wildman–Crippen MR) is 130 cm³/mol. The number of halogens is 3. The Labute approximate surface area is 200 Å². The SMILES string of the molecule is NC1=N[C@@H](CCc2cc(Cl)ccc2Cl)CO1.NC1=N[C@@H](CCc2ccccc2Br)CO1. The van der Waals surface area contributed by atoms with Gasteiger partial charge in [0.1, 0.15) is 13.2 Å². The number of amidine groups is 2. The Balaban J connectivity index is 0.000000176. The van der Waals surface area contributed by atoms with Gasteiger partial charge in [0, 0.05) is 14.5 Å². The van der Waals surface area contributed by atoms with E-state index in [-0.39, 0.29) is 18.1 Å². The zero-order valence-electron chi connectivity index (χ0n) is 16.9. The van der Waals surface area contributed by atoms with Gasteiger partial charge in [-0.1, -0.05) is 57.3 Å². The first kappa shape index (κ1) is 23.7. The van der Waals surface area contributed by atoms with Crippen LogP contribution in [0.4, 0.5) is 0 Å². The molecule has 2 aliphatic rings. The lowest BCUT2D eigenvalue weighted by atomic mass is 10.1. The summed E-state index contributed by atoms with van der Waals surface area (Å²) in [5.74, 6) is 0. The van der Waals surface area contributed by atoms with E-state index in [1.54, 1.807) is 6.07 Å². The van der Waals surface area contributed by atoms with Crippen LogP contribution < -0.4 is 11.5 Å². The van der Waals surface area contributed by atoms with E-state index in [1.165, 1.54) is 5.56 Å². The summed E-state index contributed by atoms with van der Waals surface area (Å²) < 4.78 is 11.3. The summed E-state index contributed by atoms with van der Waals surface area (Å²) in [6, 6.07) is 14.7. The number of hydrogen-bond donors (Lipinski definition) is 2. The Kier molecular flexibility index (Phi) is 8.87. The number of aliphatic imine (C=N–C) groups is 2. The van der Waals surface area contributed by atoms with Crippen LogP contribution in [0.5, 0.6) is 0 Å². The van der Waals surface area contributed by atoms with Crippen molar-refractivity contribution >= 4 is 51.2 Å². The highest BCUT2D eigenvalue weighted by molar-refractivity contribution is 9.10. The summed E-state index contributed by atoms with van der Waals surface area (Å²) in [6.07, 6.45) is 3.65. The molecule has 9 heteroatoms. The predicted octanol–water partition coefficient (Wildman–Crippen LogP) is 4.73. The van der Waals surface area contributed by atoms with Crippen molar-refractivity contribution in [2.45, 2.75) is 37.8 Å². The number of nitrogens with zero attached hydrogens (tertiary/aromatic N) is 2. The van der Waals surface area contributed by atoms with Gasteiger partial charge in [-0.25, -0.2) is 9.98 Å². The molecular formula is C22H25BrCl2N4O2. The van der Waals surface area contributed by atoms with E-state index in [4.69, 9.17) is 44.1 Å². The van der Waals surface area contributed by atoms with Crippen LogP contribution in [0.1, 0.15) is 24.0 Å². The third-order valence-corrected chi connectivity index (χ3v) is 6.30. The second kappa shape index (κ2) is 11.6. The molecule has 4 rings (SSSR count). The molecule has 31 heavy (non-hydrogen) atoms. The van der Waals surface area contributed by atoms with Crippen molar-refractivity contribution in [3.63, 3.8) is 0 Å². The highest BCUT2D eigenvalue weighted by atomic mass is 79.9. The van der Waals surface area contributed by atoms with Crippen LogP contribution in [-0.2, 0) is 22.3 Å². The van der Waals surface area contributed by atoms with Crippen molar-refractivity contribution in [3.05, 3.63) is 68.1 Å². The lowest BCUT2D eigenvalue weighted by Crippen LogP contribution is -2.10. The normalized spacial score (nSPS) is 19.6. The summed E-state index contributed by atoms with van der Waals surface area (Å²) >= 11 is 15.5. The summed E-state index contributed by atoms with van der Waals surface area (Å²) in [5, 5.41) is 1.44. The van der Waals surface area contributed by atoms with E-state index in [1.807, 2.05) is 24.3 Å². The molecule has 2 aromatic carbocycles. The van der Waals surface area contributed by atoms with Crippen molar-refractivity contribution in [2.75, 3.05) is 13.2 Å². The summed E-state index contributed by atoms with van der Waals surface area (Å²) in [6.45, 7) is 1.18. The van der Waals surface area contributed by atoms with Crippen LogP contribution in [0.15, 0.2) is 56.9 Å². The second-order valence-electron chi connectivity index (χ2n) is 7.27. The molecule has 2 aliphatic heterocycles. The first-order chi connectivity index (χ1) is 14.9. The molecule has 0 unspecified atom stereocenters. The summed E-state index contributed by atoms with van der Waals surface area (Å²) in [4.78, 5) is 8.34. The molecule has 0 radical (unpaired) electrons. The van der Waals surface area contributed by atoms with Crippen molar-refractivity contribution in [3.8, 4) is 0 Å². The monoisotopic (exact) mass is 526 g/mol. The van der Waals surface area contributed by atoms with Crippen LogP contribution in [0.3, 0.4) is 0 Å². The first-order valence-electron chi connectivity index (χ1n) is 10.00. The average molecular weight is 528 g/mol. The molecule has 0 amide bonds. The Morgan fingerprint density at radius 2 is 1.45 bits per heavy atom. The molecule has 2 heterocycles. The Hall–Kier alpha value is -1.96. The zero-order valence-corrected chi connectivity index (χ0v) is 20.0. The minimum atomic E-state index is 0.134. The average Bonchev–Trinajstić information content (AvgIpc) is 3.36. The highest BCUT2D eigenvalue weighted by Gasteiger charge is 2.17. The number of aryl methyl sites for hydroxylation is 2. The number of ether oxygens (including phenoxy) is 2. The second-order valence-corrected chi connectivity index (χ2v) is 8.97. The summed E-state index contributed by atoms with van der Waals surface area (Å²) in [7, 11) is 0. The lowest BCUT2D eigenvalue weighted by molar-refractivity contribution is 0.308. The molecule has 0 saturated heterocycles. The van der Waals surface area contributed by atoms with E-state index in [2.05, 4.69) is 38.0 Å². The maximum Gasteiger partial charge on any atom is 0.282 e. The van der Waals surface area contributed by atoms with Crippen molar-refractivity contribution < 1.29 is 9.47 Å². The van der Waals surface area contributed by atoms with Gasteiger partial charge in [-0.2, -0.15) is 0 Å². The fraction of sp³-hybridized carbons (Fsp3) is 0.364. The number of hydrogen-bond acceptors (Lipinski definition) is 6. The van der Waals surface area contributed by atoms with Gasteiger partial charge < -0.3 is 20.9 Å². The van der Waals surface area contributed by atoms with Crippen LogP contribution in [0, 0.1) is 0 Å². The molecule has 2 atom stereocenters. The molecular weight excluding hydrogens is 503 g/mol. The van der Waals surface area contributed by atoms with E-state index in [0.29, 0.717) is 24.3 Å². The van der Waals surface area contributed by atoms with Gasteiger partial charge in [0.25, 0.3) is 12.0 Å². The highest BCUT2D eigenvalue weighted by Crippen LogP contribution is 2.23. The number of rotatable bonds is 6. The number of nitrogens with two attached hydrogens (primary N) is 2. The van der Waals surface area contributed by atoms with E-state index < -0.39 is 0 Å². The minimum Gasteiger partial charge on any atom is -0.463 e. The Bertz CT molecular complexity index is 955. The minimum absolute atomic E-state index is 0.134. The maximum absolute atomic E-state index is 6.06. The van der Waals surface area contributed by atoms with E-state index in [0.717, 1.165) is 40.7 Å². The Morgan fingerprint density at radius 3 is 2.00 bits per heavy atom. The largest absolute Gasteiger partial charge is 0.463 e. The van der Waals surface area contributed by atoms with Crippen molar-refractivity contribution in [1.82, 2.24) is 0 Å². The fourth-order valence-electron chi connectivity index (χ4n) is 3.25. The van der Waals surface area contributed by atoms with Gasteiger partial charge in [0.05, 0.1) is 12.1 Å². The lowest BCUT2D eigenvalue weighted by Gasteiger charge is -2.07. The molecule has 166 valence electrons. The fourth-order valence-corrected chi connectivity index (χ4v) is 4.14. The van der Waals surface area contributed by atoms with Crippen LogP contribution in [0.2, 0.25) is 10.0 Å². The molecule has 2 aromatic rings. The van der Waals surface area contributed by atoms with Gasteiger partial charge in [-0.05, 0) is 61.1 Å². The number of benzene rings is 2.